The molecule has 0 saturated heterocycles. The summed E-state index contributed by atoms with van der Waals surface area (Å²) in [6, 6.07) is 13.0. The molecule has 6 nitrogen and oxygen atoms in total. The highest BCUT2D eigenvalue weighted by Crippen LogP contribution is 2.16. The van der Waals surface area contributed by atoms with Gasteiger partial charge in [0.1, 0.15) is 11.6 Å². The molecule has 0 spiro atoms. The van der Waals surface area contributed by atoms with Crippen molar-refractivity contribution < 1.29 is 9.18 Å². The zero-order chi connectivity index (χ0) is 18.0. The Hall–Kier alpha value is -3.53. The molecule has 0 bridgehead atoms. The molecule has 0 aliphatic carbocycles. The summed E-state index contributed by atoms with van der Waals surface area (Å²) in [4.78, 5) is 16.6. The first-order valence-electron chi connectivity index (χ1n) is 7.49. The third kappa shape index (κ3) is 3.38. The molecule has 1 amide bonds. The number of anilines is 1. The number of hydrogen-bond acceptors (Lipinski definition) is 4. The molecular weight excluding hydrogens is 321 g/mol. The largest absolute Gasteiger partial charge is 0.290 e. The summed E-state index contributed by atoms with van der Waals surface area (Å²) in [5.74, 6) is -0.249. The number of carbonyl (C=O) groups excluding carboxylic acids is 1. The number of hydrogen-bond donors (Lipinski definition) is 1. The van der Waals surface area contributed by atoms with Crippen molar-refractivity contribution in [2.45, 2.75) is 13.8 Å². The Morgan fingerprint density at radius 3 is 2.56 bits per heavy atom. The van der Waals surface area contributed by atoms with Crippen molar-refractivity contribution in [2.24, 2.45) is 0 Å². The first-order valence-corrected chi connectivity index (χ1v) is 7.49. The summed E-state index contributed by atoms with van der Waals surface area (Å²) in [6.07, 6.45) is 0. The van der Waals surface area contributed by atoms with Gasteiger partial charge in [-0.2, -0.15) is 14.9 Å². The molecule has 1 heterocycles. The van der Waals surface area contributed by atoms with E-state index in [0.717, 1.165) is 0 Å². The van der Waals surface area contributed by atoms with E-state index in [1.165, 1.54) is 10.7 Å². The summed E-state index contributed by atoms with van der Waals surface area (Å²) in [7, 11) is 0. The van der Waals surface area contributed by atoms with E-state index in [2.05, 4.69) is 15.4 Å². The Kier molecular flexibility index (Phi) is 4.27. The third-order valence-electron chi connectivity index (χ3n) is 3.61. The highest BCUT2D eigenvalue weighted by molar-refractivity contribution is 6.03. The van der Waals surface area contributed by atoms with Crippen molar-refractivity contribution >= 4 is 11.9 Å². The molecule has 0 atom stereocenters. The molecule has 0 fully saturated rings. The standard InChI is InChI=1S/C18H14FN5O/c1-11-3-6-14(9-16(11)19)17(25)22-18-21-12(2)23-24(18)15-7-4-13(10-20)5-8-15/h3-9H,1-2H3,(H,21,22,23,25). The molecule has 0 saturated carbocycles. The van der Waals surface area contributed by atoms with Crippen molar-refractivity contribution in [1.29, 1.82) is 5.26 Å². The molecule has 124 valence electrons. The lowest BCUT2D eigenvalue weighted by atomic mass is 10.1. The minimum Gasteiger partial charge on any atom is -0.290 e. The van der Waals surface area contributed by atoms with Gasteiger partial charge in [-0.05, 0) is 55.8 Å². The van der Waals surface area contributed by atoms with E-state index in [0.29, 0.717) is 22.6 Å². The summed E-state index contributed by atoms with van der Waals surface area (Å²) in [6.45, 7) is 3.32. The van der Waals surface area contributed by atoms with Crippen LogP contribution in [-0.4, -0.2) is 20.7 Å². The normalized spacial score (nSPS) is 10.3. The van der Waals surface area contributed by atoms with E-state index in [9.17, 15) is 9.18 Å². The number of carbonyl (C=O) groups is 1. The van der Waals surface area contributed by atoms with Gasteiger partial charge in [0.25, 0.3) is 5.91 Å². The summed E-state index contributed by atoms with van der Waals surface area (Å²) in [5, 5.41) is 15.8. The van der Waals surface area contributed by atoms with Gasteiger partial charge in [0, 0.05) is 5.56 Å². The zero-order valence-corrected chi connectivity index (χ0v) is 13.6. The molecule has 1 N–H and O–H groups in total. The van der Waals surface area contributed by atoms with Crippen LogP contribution in [0, 0.1) is 31.0 Å². The molecular formula is C18H14FN5O. The van der Waals surface area contributed by atoms with Crippen molar-refractivity contribution in [3.63, 3.8) is 0 Å². The van der Waals surface area contributed by atoms with Crippen molar-refractivity contribution in [1.82, 2.24) is 14.8 Å². The molecule has 0 aliphatic rings. The average Bonchev–Trinajstić information content (AvgIpc) is 2.97. The van der Waals surface area contributed by atoms with Crippen molar-refractivity contribution in [3.8, 4) is 11.8 Å². The molecule has 25 heavy (non-hydrogen) atoms. The van der Waals surface area contributed by atoms with Crippen LogP contribution in [0.15, 0.2) is 42.5 Å². The molecule has 3 rings (SSSR count). The van der Waals surface area contributed by atoms with Gasteiger partial charge in [-0.15, -0.1) is 5.10 Å². The van der Waals surface area contributed by atoms with Gasteiger partial charge >= 0.3 is 0 Å². The van der Waals surface area contributed by atoms with Crippen LogP contribution in [-0.2, 0) is 0 Å². The van der Waals surface area contributed by atoms with Crippen molar-refractivity contribution in [2.75, 3.05) is 5.32 Å². The van der Waals surface area contributed by atoms with Gasteiger partial charge in [-0.25, -0.2) is 4.39 Å². The lowest BCUT2D eigenvalue weighted by Gasteiger charge is -2.08. The first kappa shape index (κ1) is 16.3. The lowest BCUT2D eigenvalue weighted by Crippen LogP contribution is -2.16. The Labute approximate surface area is 143 Å². The van der Waals surface area contributed by atoms with Crippen LogP contribution in [0.2, 0.25) is 0 Å². The minimum absolute atomic E-state index is 0.190. The van der Waals surface area contributed by atoms with Crippen molar-refractivity contribution in [3.05, 3.63) is 70.8 Å². The minimum atomic E-state index is -0.485. The molecule has 0 aliphatic heterocycles. The average molecular weight is 335 g/mol. The Morgan fingerprint density at radius 2 is 1.92 bits per heavy atom. The van der Waals surface area contributed by atoms with E-state index >= 15 is 0 Å². The highest BCUT2D eigenvalue weighted by atomic mass is 19.1. The van der Waals surface area contributed by atoms with Crippen LogP contribution in [0.1, 0.15) is 27.3 Å². The second-order valence-electron chi connectivity index (χ2n) is 5.47. The number of nitrogens with zero attached hydrogens (tertiary/aromatic N) is 4. The van der Waals surface area contributed by atoms with Crippen LogP contribution in [0.25, 0.3) is 5.69 Å². The predicted molar refractivity (Wildman–Crippen MR) is 89.9 cm³/mol. The summed E-state index contributed by atoms with van der Waals surface area (Å²) in [5.41, 5.74) is 1.81. The maximum atomic E-state index is 13.7. The number of benzene rings is 2. The summed E-state index contributed by atoms with van der Waals surface area (Å²) >= 11 is 0. The van der Waals surface area contributed by atoms with E-state index in [-0.39, 0.29) is 11.5 Å². The topological polar surface area (TPSA) is 83.6 Å². The highest BCUT2D eigenvalue weighted by Gasteiger charge is 2.15. The van der Waals surface area contributed by atoms with Crippen LogP contribution in [0.4, 0.5) is 10.3 Å². The van der Waals surface area contributed by atoms with Crippen LogP contribution in [0.3, 0.4) is 0 Å². The van der Waals surface area contributed by atoms with Crippen LogP contribution >= 0.6 is 0 Å². The monoisotopic (exact) mass is 335 g/mol. The molecule has 0 unspecified atom stereocenters. The van der Waals surface area contributed by atoms with E-state index < -0.39 is 11.7 Å². The van der Waals surface area contributed by atoms with E-state index in [1.807, 2.05) is 6.07 Å². The lowest BCUT2D eigenvalue weighted by molar-refractivity contribution is 0.102. The fraction of sp³-hybridized carbons (Fsp3) is 0.111. The number of halogens is 1. The molecule has 2 aromatic carbocycles. The molecule has 7 heteroatoms. The number of aromatic nitrogens is 3. The number of nitriles is 1. The fourth-order valence-corrected chi connectivity index (χ4v) is 2.26. The third-order valence-corrected chi connectivity index (χ3v) is 3.61. The fourth-order valence-electron chi connectivity index (χ4n) is 2.26. The maximum Gasteiger partial charge on any atom is 0.258 e. The van der Waals surface area contributed by atoms with E-state index in [1.54, 1.807) is 50.2 Å². The van der Waals surface area contributed by atoms with Gasteiger partial charge < -0.3 is 0 Å². The van der Waals surface area contributed by atoms with E-state index in [4.69, 9.17) is 5.26 Å². The zero-order valence-electron chi connectivity index (χ0n) is 13.6. The molecule has 0 radical (unpaired) electrons. The van der Waals surface area contributed by atoms with Gasteiger partial charge in [0.2, 0.25) is 5.95 Å². The van der Waals surface area contributed by atoms with Gasteiger partial charge in [-0.1, -0.05) is 6.07 Å². The van der Waals surface area contributed by atoms with Crippen LogP contribution in [0.5, 0.6) is 0 Å². The predicted octanol–water partition coefficient (Wildman–Crippen LogP) is 3.15. The smallest absolute Gasteiger partial charge is 0.258 e. The van der Waals surface area contributed by atoms with Gasteiger partial charge in [0.15, 0.2) is 0 Å². The Bertz CT molecular complexity index is 986. The molecule has 1 aromatic heterocycles. The first-order chi connectivity index (χ1) is 12.0. The van der Waals surface area contributed by atoms with Gasteiger partial charge in [0.05, 0.1) is 17.3 Å². The quantitative estimate of drug-likeness (QED) is 0.797. The number of aryl methyl sites for hydroxylation is 2. The second-order valence-corrected chi connectivity index (χ2v) is 5.47. The Balaban J connectivity index is 1.91. The van der Waals surface area contributed by atoms with Crippen LogP contribution < -0.4 is 5.32 Å². The van der Waals surface area contributed by atoms with Gasteiger partial charge in [-0.3, -0.25) is 10.1 Å². The number of nitrogens with one attached hydrogen (secondary N) is 1. The SMILES string of the molecule is Cc1nc(NC(=O)c2ccc(C)c(F)c2)n(-c2ccc(C#N)cc2)n1. The number of rotatable bonds is 3. The Morgan fingerprint density at radius 1 is 1.20 bits per heavy atom. The molecule has 3 aromatic rings. The second kappa shape index (κ2) is 6.53. The number of amides is 1. The maximum absolute atomic E-state index is 13.7. The summed E-state index contributed by atoms with van der Waals surface area (Å²) < 4.78 is 15.1.